The zero-order chi connectivity index (χ0) is 22.5. The molecule has 0 aliphatic carbocycles. The second kappa shape index (κ2) is 9.49. The summed E-state index contributed by atoms with van der Waals surface area (Å²) in [6.07, 6.45) is -0.203. The summed E-state index contributed by atoms with van der Waals surface area (Å²) in [5.41, 5.74) is 3.26. The van der Waals surface area contributed by atoms with E-state index in [1.807, 2.05) is 48.5 Å². The second-order valence-corrected chi connectivity index (χ2v) is 7.42. The molecule has 0 aliphatic rings. The number of nitrogens with one attached hydrogen (secondary N) is 1. The van der Waals surface area contributed by atoms with Gasteiger partial charge in [0, 0.05) is 29.8 Å². The summed E-state index contributed by atoms with van der Waals surface area (Å²) in [6.45, 7) is 1.73. The molecule has 32 heavy (non-hydrogen) atoms. The Hall–Kier alpha value is -3.90. The minimum Gasteiger partial charge on any atom is -0.481 e. The molecule has 1 atom stereocenters. The first-order valence-corrected chi connectivity index (χ1v) is 10.3. The van der Waals surface area contributed by atoms with Gasteiger partial charge < -0.3 is 19.6 Å². The Labute approximate surface area is 185 Å². The third-order valence-electron chi connectivity index (χ3n) is 5.10. The molecule has 2 N–H and O–H groups in total. The predicted octanol–water partition coefficient (Wildman–Crippen LogP) is 4.40. The van der Waals surface area contributed by atoms with Crippen LogP contribution in [0.1, 0.15) is 12.5 Å². The molecule has 1 unspecified atom stereocenters. The van der Waals surface area contributed by atoms with Crippen molar-refractivity contribution in [2.24, 2.45) is 0 Å². The molecule has 0 bridgehead atoms. The van der Waals surface area contributed by atoms with Crippen molar-refractivity contribution in [3.05, 3.63) is 94.8 Å². The Morgan fingerprint density at radius 2 is 1.78 bits per heavy atom. The quantitative estimate of drug-likeness (QED) is 0.425. The van der Waals surface area contributed by atoms with Crippen LogP contribution in [-0.4, -0.2) is 23.7 Å². The summed E-state index contributed by atoms with van der Waals surface area (Å²) in [4.78, 5) is 24.6. The molecule has 0 aliphatic heterocycles. The largest absolute Gasteiger partial charge is 0.481 e. The van der Waals surface area contributed by atoms with Gasteiger partial charge in [-0.05, 0) is 54.3 Å². The lowest BCUT2D eigenvalue weighted by Crippen LogP contribution is -2.30. The topological polar surface area (TPSA) is 88.8 Å². The first-order chi connectivity index (χ1) is 15.5. The van der Waals surface area contributed by atoms with Gasteiger partial charge in [0.2, 0.25) is 0 Å². The first kappa shape index (κ1) is 21.3. The fraction of sp³-hybridized carbons (Fsp3) is 0.154. The highest BCUT2D eigenvalue weighted by molar-refractivity contribution is 5.95. The van der Waals surface area contributed by atoms with Crippen molar-refractivity contribution in [2.45, 2.75) is 19.4 Å². The average Bonchev–Trinajstić information content (AvgIpc) is 2.80. The Morgan fingerprint density at radius 1 is 1.03 bits per heavy atom. The van der Waals surface area contributed by atoms with E-state index in [1.165, 1.54) is 6.07 Å². The third kappa shape index (κ3) is 4.87. The van der Waals surface area contributed by atoms with Crippen molar-refractivity contribution < 1.29 is 19.1 Å². The van der Waals surface area contributed by atoms with Crippen molar-refractivity contribution in [3.63, 3.8) is 0 Å². The fourth-order valence-electron chi connectivity index (χ4n) is 3.46. The van der Waals surface area contributed by atoms with E-state index >= 15 is 0 Å². The lowest BCUT2D eigenvalue weighted by atomic mass is 10.0. The van der Waals surface area contributed by atoms with Gasteiger partial charge in [-0.3, -0.25) is 4.79 Å². The van der Waals surface area contributed by atoms with Crippen molar-refractivity contribution in [1.82, 2.24) is 0 Å². The van der Waals surface area contributed by atoms with Gasteiger partial charge in [0.15, 0.2) is 6.10 Å². The molecule has 1 aromatic heterocycles. The summed E-state index contributed by atoms with van der Waals surface area (Å²) in [7, 11) is 0. The molecule has 6 nitrogen and oxygen atoms in total. The molecule has 0 saturated heterocycles. The second-order valence-electron chi connectivity index (χ2n) is 7.42. The number of aliphatic hydroxyl groups excluding tert-OH is 1. The number of aliphatic hydroxyl groups is 1. The monoisotopic (exact) mass is 429 g/mol. The Morgan fingerprint density at radius 3 is 2.50 bits per heavy atom. The van der Waals surface area contributed by atoms with Crippen molar-refractivity contribution in [3.8, 4) is 16.9 Å². The molecule has 0 radical (unpaired) electrons. The highest BCUT2D eigenvalue weighted by Crippen LogP contribution is 2.30. The summed E-state index contributed by atoms with van der Waals surface area (Å²) in [6, 6.07) is 23.5. The number of benzene rings is 3. The summed E-state index contributed by atoms with van der Waals surface area (Å²) in [5, 5.41) is 12.6. The summed E-state index contributed by atoms with van der Waals surface area (Å²) < 4.78 is 11.2. The zero-order valence-electron chi connectivity index (χ0n) is 17.6. The van der Waals surface area contributed by atoms with Gasteiger partial charge in [0.1, 0.15) is 11.3 Å². The molecule has 0 spiro atoms. The van der Waals surface area contributed by atoms with Crippen LogP contribution in [0, 0.1) is 0 Å². The Bertz CT molecular complexity index is 1280. The normalized spacial score (nSPS) is 11.8. The lowest BCUT2D eigenvalue weighted by molar-refractivity contribution is -0.122. The molecule has 0 saturated carbocycles. The van der Waals surface area contributed by atoms with Crippen LogP contribution >= 0.6 is 0 Å². The van der Waals surface area contributed by atoms with Crippen LogP contribution < -0.4 is 15.7 Å². The Kier molecular flexibility index (Phi) is 6.33. The standard InChI is InChI=1S/C26H23NO5/c1-17(26(30)27-20-9-7-18(8-10-20)13-14-28)31-21-11-12-22-23(19-5-3-2-4-6-19)16-25(29)32-24(22)15-21/h2-12,15-17,28H,13-14H2,1H3,(H,27,30). The van der Waals surface area contributed by atoms with Gasteiger partial charge >= 0.3 is 5.63 Å². The molecule has 0 fully saturated rings. The maximum absolute atomic E-state index is 12.5. The van der Waals surface area contributed by atoms with E-state index in [2.05, 4.69) is 5.32 Å². The molecule has 6 heteroatoms. The van der Waals surface area contributed by atoms with E-state index in [0.717, 1.165) is 22.1 Å². The van der Waals surface area contributed by atoms with Gasteiger partial charge in [0.05, 0.1) is 0 Å². The van der Waals surface area contributed by atoms with E-state index in [4.69, 9.17) is 14.3 Å². The molecule has 4 aromatic rings. The maximum Gasteiger partial charge on any atom is 0.336 e. The van der Waals surface area contributed by atoms with Crippen LogP contribution in [0.4, 0.5) is 5.69 Å². The van der Waals surface area contributed by atoms with Crippen molar-refractivity contribution >= 4 is 22.6 Å². The number of anilines is 1. The summed E-state index contributed by atoms with van der Waals surface area (Å²) >= 11 is 0. The minimum absolute atomic E-state index is 0.0787. The number of ether oxygens (including phenoxy) is 1. The molecule has 1 heterocycles. The SMILES string of the molecule is CC(Oc1ccc2c(-c3ccccc3)cc(=O)oc2c1)C(=O)Nc1ccc(CCO)cc1. The highest BCUT2D eigenvalue weighted by atomic mass is 16.5. The van der Waals surface area contributed by atoms with Crippen LogP contribution in [0.2, 0.25) is 0 Å². The van der Waals surface area contributed by atoms with Crippen LogP contribution in [0.5, 0.6) is 5.75 Å². The third-order valence-corrected chi connectivity index (χ3v) is 5.10. The highest BCUT2D eigenvalue weighted by Gasteiger charge is 2.16. The number of hydrogen-bond donors (Lipinski definition) is 2. The van der Waals surface area contributed by atoms with E-state index in [1.54, 1.807) is 31.2 Å². The molecular weight excluding hydrogens is 406 g/mol. The van der Waals surface area contributed by atoms with E-state index < -0.39 is 11.7 Å². The van der Waals surface area contributed by atoms with E-state index in [0.29, 0.717) is 23.4 Å². The molecule has 1 amide bonds. The molecule has 3 aromatic carbocycles. The molecule has 162 valence electrons. The Balaban J connectivity index is 1.51. The zero-order valence-corrected chi connectivity index (χ0v) is 17.6. The van der Waals surface area contributed by atoms with Crippen LogP contribution in [0.15, 0.2) is 88.1 Å². The minimum atomic E-state index is -0.770. The van der Waals surface area contributed by atoms with Gasteiger partial charge in [-0.15, -0.1) is 0 Å². The average molecular weight is 429 g/mol. The van der Waals surface area contributed by atoms with Gasteiger partial charge in [-0.1, -0.05) is 42.5 Å². The van der Waals surface area contributed by atoms with E-state index in [-0.39, 0.29) is 12.5 Å². The number of carbonyl (C=O) groups excluding carboxylic acids is 1. The maximum atomic E-state index is 12.5. The molecular formula is C26H23NO5. The van der Waals surface area contributed by atoms with Crippen LogP contribution in [0.25, 0.3) is 22.1 Å². The fourth-order valence-corrected chi connectivity index (χ4v) is 3.46. The lowest BCUT2D eigenvalue weighted by Gasteiger charge is -2.15. The number of hydrogen-bond acceptors (Lipinski definition) is 5. The van der Waals surface area contributed by atoms with Gasteiger partial charge in [-0.2, -0.15) is 0 Å². The molecule has 4 rings (SSSR count). The predicted molar refractivity (Wildman–Crippen MR) is 124 cm³/mol. The van der Waals surface area contributed by atoms with Crippen LogP contribution in [0.3, 0.4) is 0 Å². The van der Waals surface area contributed by atoms with Gasteiger partial charge in [-0.25, -0.2) is 4.79 Å². The summed E-state index contributed by atoms with van der Waals surface area (Å²) in [5.74, 6) is 0.117. The number of carbonyl (C=O) groups is 1. The first-order valence-electron chi connectivity index (χ1n) is 10.3. The number of amides is 1. The van der Waals surface area contributed by atoms with Crippen molar-refractivity contribution in [1.29, 1.82) is 0 Å². The van der Waals surface area contributed by atoms with Gasteiger partial charge in [0.25, 0.3) is 5.91 Å². The van der Waals surface area contributed by atoms with Crippen LogP contribution in [-0.2, 0) is 11.2 Å². The number of fused-ring (bicyclic) bond motifs is 1. The van der Waals surface area contributed by atoms with Crippen molar-refractivity contribution in [2.75, 3.05) is 11.9 Å². The number of rotatable bonds is 7. The van der Waals surface area contributed by atoms with E-state index in [9.17, 15) is 9.59 Å². The smallest absolute Gasteiger partial charge is 0.336 e.